The molecular weight excluding hydrogens is 186 g/mol. The first-order valence-electron chi connectivity index (χ1n) is 6.49. The normalized spacial score (nSPS) is 34.8. The SMILES string of the molecule is CCN1CCCC1CN1CCNC(C)C1. The molecule has 0 spiro atoms. The lowest BCUT2D eigenvalue weighted by molar-refractivity contribution is 0.147. The predicted molar refractivity (Wildman–Crippen MR) is 64.2 cm³/mol. The average molecular weight is 211 g/mol. The number of likely N-dealkylation sites (N-methyl/N-ethyl adjacent to an activating group) is 1. The van der Waals surface area contributed by atoms with Crippen molar-refractivity contribution in [1.82, 2.24) is 15.1 Å². The zero-order chi connectivity index (χ0) is 10.7. The minimum atomic E-state index is 0.676. The van der Waals surface area contributed by atoms with Crippen LogP contribution in [-0.2, 0) is 0 Å². The Morgan fingerprint density at radius 1 is 1.33 bits per heavy atom. The molecule has 2 unspecified atom stereocenters. The maximum atomic E-state index is 3.51. The third-order valence-electron chi connectivity index (χ3n) is 3.83. The van der Waals surface area contributed by atoms with Crippen LogP contribution in [0.3, 0.4) is 0 Å². The second-order valence-electron chi connectivity index (χ2n) is 5.04. The van der Waals surface area contributed by atoms with E-state index < -0.39 is 0 Å². The summed E-state index contributed by atoms with van der Waals surface area (Å²) in [7, 11) is 0. The average Bonchev–Trinajstić information content (AvgIpc) is 2.65. The summed E-state index contributed by atoms with van der Waals surface area (Å²) < 4.78 is 0. The Bertz CT molecular complexity index is 195. The molecule has 2 heterocycles. The molecule has 0 aromatic heterocycles. The first-order valence-corrected chi connectivity index (χ1v) is 6.49. The second kappa shape index (κ2) is 5.28. The minimum absolute atomic E-state index is 0.676. The van der Waals surface area contributed by atoms with Gasteiger partial charge in [-0.25, -0.2) is 0 Å². The molecule has 0 aromatic rings. The summed E-state index contributed by atoms with van der Waals surface area (Å²) in [5, 5.41) is 3.51. The lowest BCUT2D eigenvalue weighted by Crippen LogP contribution is -2.52. The summed E-state index contributed by atoms with van der Waals surface area (Å²) in [6.07, 6.45) is 2.81. The van der Waals surface area contributed by atoms with Crippen molar-refractivity contribution in [1.29, 1.82) is 0 Å². The van der Waals surface area contributed by atoms with Crippen molar-refractivity contribution >= 4 is 0 Å². The number of piperazine rings is 1. The van der Waals surface area contributed by atoms with Gasteiger partial charge in [0.1, 0.15) is 0 Å². The van der Waals surface area contributed by atoms with Gasteiger partial charge in [0.15, 0.2) is 0 Å². The van der Waals surface area contributed by atoms with Gasteiger partial charge in [-0.15, -0.1) is 0 Å². The summed E-state index contributed by atoms with van der Waals surface area (Å²) in [6.45, 7) is 12.1. The standard InChI is InChI=1S/C12H25N3/c1-3-15-7-4-5-12(15)10-14-8-6-13-11(2)9-14/h11-13H,3-10H2,1-2H3. The molecule has 2 aliphatic rings. The van der Waals surface area contributed by atoms with E-state index in [1.165, 1.54) is 52.1 Å². The van der Waals surface area contributed by atoms with Gasteiger partial charge in [0.25, 0.3) is 0 Å². The molecule has 3 heteroatoms. The van der Waals surface area contributed by atoms with E-state index in [9.17, 15) is 0 Å². The molecule has 15 heavy (non-hydrogen) atoms. The first-order chi connectivity index (χ1) is 7.29. The predicted octanol–water partition coefficient (Wildman–Crippen LogP) is 0.764. The molecule has 2 rings (SSSR count). The number of nitrogens with zero attached hydrogens (tertiary/aromatic N) is 2. The van der Waals surface area contributed by atoms with Crippen LogP contribution in [0.5, 0.6) is 0 Å². The molecule has 1 N–H and O–H groups in total. The maximum absolute atomic E-state index is 3.51. The van der Waals surface area contributed by atoms with Crippen molar-refractivity contribution in [2.24, 2.45) is 0 Å². The fourth-order valence-electron chi connectivity index (χ4n) is 2.99. The Hall–Kier alpha value is -0.120. The van der Waals surface area contributed by atoms with E-state index >= 15 is 0 Å². The molecule has 2 atom stereocenters. The van der Waals surface area contributed by atoms with Gasteiger partial charge in [-0.3, -0.25) is 9.80 Å². The molecule has 2 aliphatic heterocycles. The Balaban J connectivity index is 1.80. The van der Waals surface area contributed by atoms with Crippen molar-refractivity contribution in [2.45, 2.75) is 38.8 Å². The van der Waals surface area contributed by atoms with Crippen LogP contribution in [0.1, 0.15) is 26.7 Å². The Labute approximate surface area is 93.8 Å². The highest BCUT2D eigenvalue weighted by Gasteiger charge is 2.26. The largest absolute Gasteiger partial charge is 0.312 e. The van der Waals surface area contributed by atoms with E-state index in [0.717, 1.165) is 6.04 Å². The van der Waals surface area contributed by atoms with Gasteiger partial charge in [-0.1, -0.05) is 6.92 Å². The number of nitrogens with one attached hydrogen (secondary N) is 1. The molecule has 3 nitrogen and oxygen atoms in total. The summed E-state index contributed by atoms with van der Waals surface area (Å²) in [5.41, 5.74) is 0. The zero-order valence-electron chi connectivity index (χ0n) is 10.2. The molecular formula is C12H25N3. The highest BCUT2D eigenvalue weighted by molar-refractivity contribution is 4.84. The summed E-state index contributed by atoms with van der Waals surface area (Å²) in [5.74, 6) is 0. The quantitative estimate of drug-likeness (QED) is 0.744. The topological polar surface area (TPSA) is 18.5 Å². The van der Waals surface area contributed by atoms with Gasteiger partial charge in [-0.2, -0.15) is 0 Å². The molecule has 0 radical (unpaired) electrons. The molecule has 2 saturated heterocycles. The van der Waals surface area contributed by atoms with Crippen LogP contribution < -0.4 is 5.32 Å². The van der Waals surface area contributed by atoms with E-state index in [4.69, 9.17) is 0 Å². The highest BCUT2D eigenvalue weighted by atomic mass is 15.3. The monoisotopic (exact) mass is 211 g/mol. The van der Waals surface area contributed by atoms with Gasteiger partial charge in [0.05, 0.1) is 0 Å². The van der Waals surface area contributed by atoms with Crippen molar-refractivity contribution in [3.63, 3.8) is 0 Å². The van der Waals surface area contributed by atoms with E-state index in [-0.39, 0.29) is 0 Å². The van der Waals surface area contributed by atoms with E-state index in [1.807, 2.05) is 0 Å². The zero-order valence-corrected chi connectivity index (χ0v) is 10.2. The van der Waals surface area contributed by atoms with Gasteiger partial charge >= 0.3 is 0 Å². The van der Waals surface area contributed by atoms with Gasteiger partial charge in [0, 0.05) is 38.3 Å². The van der Waals surface area contributed by atoms with Crippen LogP contribution in [0.4, 0.5) is 0 Å². The Morgan fingerprint density at radius 3 is 2.93 bits per heavy atom. The van der Waals surface area contributed by atoms with Crippen LogP contribution in [0.2, 0.25) is 0 Å². The van der Waals surface area contributed by atoms with Gasteiger partial charge < -0.3 is 5.32 Å². The van der Waals surface area contributed by atoms with Crippen LogP contribution in [0, 0.1) is 0 Å². The van der Waals surface area contributed by atoms with Crippen LogP contribution in [0.25, 0.3) is 0 Å². The first kappa shape index (κ1) is 11.4. The lowest BCUT2D eigenvalue weighted by atomic mass is 10.1. The number of likely N-dealkylation sites (tertiary alicyclic amines) is 1. The molecule has 0 bridgehead atoms. The Kier molecular flexibility index (Phi) is 4.00. The molecule has 0 aliphatic carbocycles. The molecule has 0 saturated carbocycles. The second-order valence-corrected chi connectivity index (χ2v) is 5.04. The Morgan fingerprint density at radius 2 is 2.20 bits per heavy atom. The molecule has 0 aromatic carbocycles. The fourth-order valence-corrected chi connectivity index (χ4v) is 2.99. The summed E-state index contributed by atoms with van der Waals surface area (Å²) in [4.78, 5) is 5.28. The van der Waals surface area contributed by atoms with Crippen LogP contribution >= 0.6 is 0 Å². The fraction of sp³-hybridized carbons (Fsp3) is 1.00. The van der Waals surface area contributed by atoms with Crippen molar-refractivity contribution in [3.05, 3.63) is 0 Å². The third kappa shape index (κ3) is 2.92. The number of rotatable bonds is 3. The van der Waals surface area contributed by atoms with Crippen molar-refractivity contribution in [2.75, 3.05) is 39.3 Å². The summed E-state index contributed by atoms with van der Waals surface area (Å²) in [6, 6.07) is 1.51. The van der Waals surface area contributed by atoms with Crippen LogP contribution in [-0.4, -0.2) is 61.2 Å². The van der Waals surface area contributed by atoms with E-state index in [0.29, 0.717) is 6.04 Å². The molecule has 2 fully saturated rings. The van der Waals surface area contributed by atoms with Gasteiger partial charge in [-0.05, 0) is 32.9 Å². The highest BCUT2D eigenvalue weighted by Crippen LogP contribution is 2.18. The van der Waals surface area contributed by atoms with E-state index in [1.54, 1.807) is 0 Å². The minimum Gasteiger partial charge on any atom is -0.312 e. The summed E-state index contributed by atoms with van der Waals surface area (Å²) >= 11 is 0. The smallest absolute Gasteiger partial charge is 0.0223 e. The van der Waals surface area contributed by atoms with E-state index in [2.05, 4.69) is 29.0 Å². The molecule has 0 amide bonds. The lowest BCUT2D eigenvalue weighted by Gasteiger charge is -2.35. The van der Waals surface area contributed by atoms with Crippen LogP contribution in [0.15, 0.2) is 0 Å². The van der Waals surface area contributed by atoms with Crippen molar-refractivity contribution < 1.29 is 0 Å². The third-order valence-corrected chi connectivity index (χ3v) is 3.83. The number of hydrogen-bond acceptors (Lipinski definition) is 3. The van der Waals surface area contributed by atoms with Gasteiger partial charge in [0.2, 0.25) is 0 Å². The maximum Gasteiger partial charge on any atom is 0.0223 e. The number of hydrogen-bond donors (Lipinski definition) is 1. The molecule has 88 valence electrons. The van der Waals surface area contributed by atoms with Crippen molar-refractivity contribution in [3.8, 4) is 0 Å².